The summed E-state index contributed by atoms with van der Waals surface area (Å²) in [6.07, 6.45) is 2.91. The quantitative estimate of drug-likeness (QED) is 0.397. The number of nitrogens with two attached hydrogens (primary N) is 2. The Bertz CT molecular complexity index is 97.1. The van der Waals surface area contributed by atoms with Crippen molar-refractivity contribution in [2.24, 2.45) is 11.6 Å². The fraction of sp³-hybridized carbons (Fsp3) is 0.500. The van der Waals surface area contributed by atoms with Crippen LogP contribution in [0.3, 0.4) is 0 Å². The molecule has 1 aliphatic heterocycles. The number of rotatable bonds is 0. The van der Waals surface area contributed by atoms with Crippen molar-refractivity contribution in [3.05, 3.63) is 11.9 Å². The van der Waals surface area contributed by atoms with Gasteiger partial charge in [-0.25, -0.2) is 5.84 Å². The molecule has 3 nitrogen and oxygen atoms in total. The summed E-state index contributed by atoms with van der Waals surface area (Å²) in [5.41, 5.74) is 5.34. The van der Waals surface area contributed by atoms with Crippen LogP contribution in [0.25, 0.3) is 0 Å². The molecular formula is C4H9N3. The molecule has 0 unspecified atom stereocenters. The van der Waals surface area contributed by atoms with Crippen molar-refractivity contribution in [3.8, 4) is 0 Å². The summed E-state index contributed by atoms with van der Waals surface area (Å²) >= 11 is 0. The molecule has 0 amide bonds. The lowest BCUT2D eigenvalue weighted by molar-refractivity contribution is 0.390. The van der Waals surface area contributed by atoms with Crippen LogP contribution in [0.4, 0.5) is 0 Å². The van der Waals surface area contributed by atoms with Crippen molar-refractivity contribution in [1.82, 2.24) is 5.01 Å². The summed E-state index contributed by atoms with van der Waals surface area (Å²) in [6.45, 7) is 0.867. The molecule has 0 saturated heterocycles. The largest absolute Gasteiger partial charge is 0.385 e. The van der Waals surface area contributed by atoms with Crippen molar-refractivity contribution in [1.29, 1.82) is 0 Å². The van der Waals surface area contributed by atoms with Gasteiger partial charge in [-0.05, 0) is 12.5 Å². The third kappa shape index (κ3) is 0.667. The molecule has 0 aliphatic carbocycles. The molecule has 0 aromatic heterocycles. The minimum absolute atomic E-state index is 0.694. The van der Waals surface area contributed by atoms with E-state index in [1.54, 1.807) is 5.01 Å². The normalized spacial score (nSPS) is 20.1. The first-order valence-electron chi connectivity index (χ1n) is 2.28. The van der Waals surface area contributed by atoms with Crippen LogP contribution in [0.1, 0.15) is 6.42 Å². The zero-order valence-electron chi connectivity index (χ0n) is 4.09. The Hall–Kier alpha value is -0.700. The van der Waals surface area contributed by atoms with E-state index in [0.717, 1.165) is 13.0 Å². The maximum Gasteiger partial charge on any atom is 0.109 e. The van der Waals surface area contributed by atoms with Gasteiger partial charge in [0.1, 0.15) is 5.82 Å². The van der Waals surface area contributed by atoms with Gasteiger partial charge in [-0.3, -0.25) is 5.01 Å². The number of nitrogens with zero attached hydrogens (tertiary/aromatic N) is 1. The van der Waals surface area contributed by atoms with Gasteiger partial charge in [0.05, 0.1) is 0 Å². The van der Waals surface area contributed by atoms with E-state index in [1.165, 1.54) is 0 Å². The van der Waals surface area contributed by atoms with Gasteiger partial charge < -0.3 is 5.73 Å². The lowest BCUT2D eigenvalue weighted by Gasteiger charge is -2.09. The van der Waals surface area contributed by atoms with Gasteiger partial charge in [-0.15, -0.1) is 0 Å². The van der Waals surface area contributed by atoms with Crippen LogP contribution in [0.15, 0.2) is 11.9 Å². The minimum Gasteiger partial charge on any atom is -0.385 e. The average molecular weight is 99.1 g/mol. The molecule has 0 bridgehead atoms. The predicted molar refractivity (Wildman–Crippen MR) is 27.8 cm³/mol. The molecule has 0 radical (unpaired) electrons. The molecule has 40 valence electrons. The first kappa shape index (κ1) is 4.46. The number of hydrazine groups is 1. The highest BCUT2D eigenvalue weighted by Crippen LogP contribution is 2.01. The Morgan fingerprint density at radius 3 is 2.57 bits per heavy atom. The van der Waals surface area contributed by atoms with E-state index in [4.69, 9.17) is 11.6 Å². The van der Waals surface area contributed by atoms with Crippen LogP contribution < -0.4 is 11.6 Å². The van der Waals surface area contributed by atoms with Crippen molar-refractivity contribution in [2.45, 2.75) is 6.42 Å². The van der Waals surface area contributed by atoms with E-state index < -0.39 is 0 Å². The van der Waals surface area contributed by atoms with Crippen LogP contribution in [0, 0.1) is 0 Å². The van der Waals surface area contributed by atoms with Gasteiger partial charge in [-0.1, -0.05) is 0 Å². The SMILES string of the molecule is NC1=CCCN1N. The molecule has 7 heavy (non-hydrogen) atoms. The fourth-order valence-corrected chi connectivity index (χ4v) is 0.598. The molecule has 0 saturated carbocycles. The molecule has 3 heteroatoms. The third-order valence-electron chi connectivity index (χ3n) is 1.06. The Morgan fingerprint density at radius 1 is 1.71 bits per heavy atom. The Labute approximate surface area is 42.5 Å². The van der Waals surface area contributed by atoms with Crippen molar-refractivity contribution >= 4 is 0 Å². The van der Waals surface area contributed by atoms with Gasteiger partial charge in [0, 0.05) is 6.54 Å². The van der Waals surface area contributed by atoms with Crippen LogP contribution in [-0.4, -0.2) is 11.6 Å². The fourth-order valence-electron chi connectivity index (χ4n) is 0.598. The first-order valence-corrected chi connectivity index (χ1v) is 2.28. The van der Waals surface area contributed by atoms with E-state index in [0.29, 0.717) is 5.82 Å². The minimum atomic E-state index is 0.694. The second-order valence-corrected chi connectivity index (χ2v) is 1.61. The summed E-state index contributed by atoms with van der Waals surface area (Å²) in [7, 11) is 0. The molecule has 1 aliphatic rings. The van der Waals surface area contributed by atoms with Gasteiger partial charge in [-0.2, -0.15) is 0 Å². The van der Waals surface area contributed by atoms with E-state index in [2.05, 4.69) is 0 Å². The Balaban J connectivity index is 2.54. The Kier molecular flexibility index (Phi) is 0.906. The smallest absolute Gasteiger partial charge is 0.109 e. The van der Waals surface area contributed by atoms with Crippen LogP contribution in [-0.2, 0) is 0 Å². The first-order chi connectivity index (χ1) is 3.30. The zero-order chi connectivity index (χ0) is 5.28. The molecule has 1 rings (SSSR count). The summed E-state index contributed by atoms with van der Waals surface area (Å²) in [5, 5.41) is 1.54. The molecule has 0 fully saturated rings. The van der Waals surface area contributed by atoms with Gasteiger partial charge >= 0.3 is 0 Å². The lowest BCUT2D eigenvalue weighted by Crippen LogP contribution is -2.30. The second-order valence-electron chi connectivity index (χ2n) is 1.61. The highest BCUT2D eigenvalue weighted by molar-refractivity contribution is 5.00. The van der Waals surface area contributed by atoms with Crippen LogP contribution >= 0.6 is 0 Å². The predicted octanol–water partition coefficient (Wildman–Crippen LogP) is -0.634. The second kappa shape index (κ2) is 1.42. The van der Waals surface area contributed by atoms with Gasteiger partial charge in [0.15, 0.2) is 0 Å². The zero-order valence-corrected chi connectivity index (χ0v) is 4.09. The maximum atomic E-state index is 5.34. The molecule has 4 N–H and O–H groups in total. The lowest BCUT2D eigenvalue weighted by atomic mass is 10.5. The summed E-state index contributed by atoms with van der Waals surface area (Å²) in [6, 6.07) is 0. The molecule has 0 spiro atoms. The maximum absolute atomic E-state index is 5.34. The summed E-state index contributed by atoms with van der Waals surface area (Å²) in [5.74, 6) is 6.01. The van der Waals surface area contributed by atoms with Crippen LogP contribution in [0.2, 0.25) is 0 Å². The van der Waals surface area contributed by atoms with Gasteiger partial charge in [0.25, 0.3) is 0 Å². The summed E-state index contributed by atoms with van der Waals surface area (Å²) < 4.78 is 0. The third-order valence-corrected chi connectivity index (χ3v) is 1.06. The monoisotopic (exact) mass is 99.1 g/mol. The van der Waals surface area contributed by atoms with E-state index in [9.17, 15) is 0 Å². The van der Waals surface area contributed by atoms with Crippen molar-refractivity contribution < 1.29 is 0 Å². The molecule has 0 aromatic rings. The number of hydrogen-bond acceptors (Lipinski definition) is 3. The molecule has 1 heterocycles. The van der Waals surface area contributed by atoms with E-state index in [-0.39, 0.29) is 0 Å². The average Bonchev–Trinajstić information content (AvgIpc) is 1.91. The highest BCUT2D eigenvalue weighted by atomic mass is 15.4. The molecule has 0 atom stereocenters. The molecular weight excluding hydrogens is 90.1 g/mol. The summed E-state index contributed by atoms with van der Waals surface area (Å²) in [4.78, 5) is 0. The van der Waals surface area contributed by atoms with Crippen LogP contribution in [0.5, 0.6) is 0 Å². The molecule has 0 aromatic carbocycles. The standard InChI is InChI=1S/C4H9N3/c5-4-2-1-3-7(4)6/h2H,1,3,5-6H2. The number of hydrogen-bond donors (Lipinski definition) is 2. The topological polar surface area (TPSA) is 55.3 Å². The van der Waals surface area contributed by atoms with Gasteiger partial charge in [0.2, 0.25) is 0 Å². The van der Waals surface area contributed by atoms with E-state index in [1.807, 2.05) is 6.08 Å². The van der Waals surface area contributed by atoms with Crippen molar-refractivity contribution in [2.75, 3.05) is 6.54 Å². The van der Waals surface area contributed by atoms with E-state index >= 15 is 0 Å². The van der Waals surface area contributed by atoms with Crippen molar-refractivity contribution in [3.63, 3.8) is 0 Å². The highest BCUT2D eigenvalue weighted by Gasteiger charge is 2.04. The Morgan fingerprint density at radius 2 is 2.43 bits per heavy atom.